The fourth-order valence-electron chi connectivity index (χ4n) is 2.33. The Kier molecular flexibility index (Phi) is 3.38. The first kappa shape index (κ1) is 12.0. The summed E-state index contributed by atoms with van der Waals surface area (Å²) in [6.07, 6.45) is 3.43. The van der Waals surface area contributed by atoms with Crippen molar-refractivity contribution in [3.8, 4) is 0 Å². The summed E-state index contributed by atoms with van der Waals surface area (Å²) >= 11 is 0. The number of likely N-dealkylation sites (tertiary alicyclic amines) is 1. The summed E-state index contributed by atoms with van der Waals surface area (Å²) in [6.45, 7) is 3.18. The molecule has 2 unspecified atom stereocenters. The Morgan fingerprint density at radius 2 is 2.41 bits per heavy atom. The van der Waals surface area contributed by atoms with Gasteiger partial charge in [-0.2, -0.15) is 0 Å². The molecule has 1 saturated heterocycles. The number of hydrogen-bond donors (Lipinski definition) is 1. The van der Waals surface area contributed by atoms with E-state index in [9.17, 15) is 9.18 Å². The quantitative estimate of drug-likeness (QED) is 0.867. The van der Waals surface area contributed by atoms with Crippen molar-refractivity contribution in [2.45, 2.75) is 25.9 Å². The Morgan fingerprint density at radius 1 is 1.65 bits per heavy atom. The Hall–Kier alpha value is -1.49. The number of aliphatic carboxylic acids is 1. The molecule has 2 atom stereocenters. The molecule has 0 spiro atoms. The summed E-state index contributed by atoms with van der Waals surface area (Å²) < 4.78 is 13.0. The van der Waals surface area contributed by atoms with Gasteiger partial charge in [0, 0.05) is 18.8 Å². The van der Waals surface area contributed by atoms with Gasteiger partial charge in [-0.15, -0.1) is 0 Å². The van der Waals surface area contributed by atoms with E-state index in [1.807, 2.05) is 6.92 Å². The van der Waals surface area contributed by atoms with Crippen LogP contribution in [-0.2, 0) is 11.3 Å². The van der Waals surface area contributed by atoms with Gasteiger partial charge < -0.3 is 5.11 Å². The Bertz CT molecular complexity index is 425. The van der Waals surface area contributed by atoms with Crippen LogP contribution in [0.3, 0.4) is 0 Å². The zero-order valence-electron chi connectivity index (χ0n) is 9.64. The first-order valence-electron chi connectivity index (χ1n) is 5.64. The normalized spacial score (nSPS) is 25.1. The van der Waals surface area contributed by atoms with Gasteiger partial charge >= 0.3 is 5.97 Å². The van der Waals surface area contributed by atoms with Crippen LogP contribution >= 0.6 is 0 Å². The van der Waals surface area contributed by atoms with Crippen molar-refractivity contribution in [3.05, 3.63) is 29.8 Å². The maximum atomic E-state index is 13.0. The first-order chi connectivity index (χ1) is 8.08. The molecule has 1 aliphatic heterocycles. The molecule has 0 saturated carbocycles. The third-order valence-corrected chi connectivity index (χ3v) is 3.35. The van der Waals surface area contributed by atoms with E-state index in [-0.39, 0.29) is 17.8 Å². The van der Waals surface area contributed by atoms with E-state index in [1.165, 1.54) is 6.07 Å². The van der Waals surface area contributed by atoms with Gasteiger partial charge in [0.25, 0.3) is 0 Å². The van der Waals surface area contributed by atoms with Crippen molar-refractivity contribution in [2.75, 3.05) is 6.54 Å². The Labute approximate surface area is 99.1 Å². The summed E-state index contributed by atoms with van der Waals surface area (Å²) in [5, 5.41) is 9.01. The van der Waals surface area contributed by atoms with Crippen molar-refractivity contribution in [1.82, 2.24) is 9.88 Å². The van der Waals surface area contributed by atoms with Crippen LogP contribution in [0.25, 0.3) is 0 Å². The van der Waals surface area contributed by atoms with Crippen LogP contribution in [0.15, 0.2) is 18.5 Å². The largest absolute Gasteiger partial charge is 0.481 e. The predicted octanol–water partition coefficient (Wildman–Crippen LogP) is 1.52. The van der Waals surface area contributed by atoms with Crippen molar-refractivity contribution in [2.24, 2.45) is 5.92 Å². The Balaban J connectivity index is 2.03. The summed E-state index contributed by atoms with van der Waals surface area (Å²) in [5.74, 6) is -1.43. The second-order valence-electron chi connectivity index (χ2n) is 4.46. The lowest BCUT2D eigenvalue weighted by atomic mass is 10.0. The molecule has 17 heavy (non-hydrogen) atoms. The number of rotatable bonds is 3. The number of carboxylic acid groups (broad SMARTS) is 1. The number of carboxylic acids is 1. The van der Waals surface area contributed by atoms with Gasteiger partial charge in [0.1, 0.15) is 5.82 Å². The van der Waals surface area contributed by atoms with Gasteiger partial charge in [-0.3, -0.25) is 14.7 Å². The van der Waals surface area contributed by atoms with Gasteiger partial charge in [-0.05, 0) is 31.5 Å². The van der Waals surface area contributed by atoms with Crippen LogP contribution in [0, 0.1) is 11.7 Å². The maximum absolute atomic E-state index is 13.0. The van der Waals surface area contributed by atoms with Crippen LogP contribution < -0.4 is 0 Å². The second kappa shape index (κ2) is 4.79. The smallest absolute Gasteiger partial charge is 0.308 e. The van der Waals surface area contributed by atoms with Gasteiger partial charge in [0.05, 0.1) is 12.1 Å². The lowest BCUT2D eigenvalue weighted by Crippen LogP contribution is -2.32. The number of carbonyl (C=O) groups is 1. The third kappa shape index (κ3) is 2.61. The molecular formula is C12H15FN2O2. The first-order valence-corrected chi connectivity index (χ1v) is 5.64. The molecular weight excluding hydrogens is 223 g/mol. The molecule has 4 nitrogen and oxygen atoms in total. The topological polar surface area (TPSA) is 53.4 Å². The van der Waals surface area contributed by atoms with Crippen molar-refractivity contribution < 1.29 is 14.3 Å². The molecule has 0 aromatic carbocycles. The number of halogens is 1. The summed E-state index contributed by atoms with van der Waals surface area (Å²) in [5.41, 5.74) is 0.780. The monoisotopic (exact) mass is 238 g/mol. The second-order valence-corrected chi connectivity index (χ2v) is 4.46. The predicted molar refractivity (Wildman–Crippen MR) is 59.8 cm³/mol. The molecule has 2 rings (SSSR count). The Morgan fingerprint density at radius 3 is 3.00 bits per heavy atom. The summed E-state index contributed by atoms with van der Waals surface area (Å²) in [4.78, 5) is 16.8. The minimum Gasteiger partial charge on any atom is -0.481 e. The summed E-state index contributed by atoms with van der Waals surface area (Å²) in [6, 6.07) is 1.42. The van der Waals surface area contributed by atoms with E-state index in [0.717, 1.165) is 18.3 Å². The molecule has 1 aromatic heterocycles. The van der Waals surface area contributed by atoms with Gasteiger partial charge in [-0.25, -0.2) is 4.39 Å². The van der Waals surface area contributed by atoms with Gasteiger partial charge in [0.15, 0.2) is 0 Å². The van der Waals surface area contributed by atoms with Crippen LogP contribution in [0.1, 0.15) is 18.9 Å². The molecule has 1 aromatic rings. The summed E-state index contributed by atoms with van der Waals surface area (Å²) in [7, 11) is 0. The van der Waals surface area contributed by atoms with E-state index in [2.05, 4.69) is 9.88 Å². The van der Waals surface area contributed by atoms with Crippen LogP contribution in [0.5, 0.6) is 0 Å². The molecule has 1 aliphatic rings. The van der Waals surface area contributed by atoms with E-state index < -0.39 is 5.97 Å². The zero-order chi connectivity index (χ0) is 12.4. The maximum Gasteiger partial charge on any atom is 0.308 e. The molecule has 1 fully saturated rings. The van der Waals surface area contributed by atoms with Gasteiger partial charge in [0.2, 0.25) is 0 Å². The van der Waals surface area contributed by atoms with E-state index in [4.69, 9.17) is 5.11 Å². The molecule has 1 N–H and O–H groups in total. The van der Waals surface area contributed by atoms with Gasteiger partial charge in [-0.1, -0.05) is 0 Å². The van der Waals surface area contributed by atoms with Crippen LogP contribution in [0.4, 0.5) is 4.39 Å². The highest BCUT2D eigenvalue weighted by Crippen LogP contribution is 2.25. The minimum atomic E-state index is -0.752. The molecule has 0 bridgehead atoms. The molecule has 92 valence electrons. The third-order valence-electron chi connectivity index (χ3n) is 3.35. The van der Waals surface area contributed by atoms with E-state index in [1.54, 1.807) is 6.20 Å². The highest BCUT2D eigenvalue weighted by Gasteiger charge is 2.35. The van der Waals surface area contributed by atoms with Crippen LogP contribution in [0.2, 0.25) is 0 Å². The average Bonchev–Trinajstić information content (AvgIpc) is 2.61. The molecule has 0 radical (unpaired) electrons. The standard InChI is InChI=1S/C12H15FN2O2/c1-8-11(12(16)17)2-3-15(8)7-9-4-10(13)6-14-5-9/h4-6,8,11H,2-3,7H2,1H3,(H,16,17). The number of pyridine rings is 1. The average molecular weight is 238 g/mol. The van der Waals surface area contributed by atoms with Crippen molar-refractivity contribution in [1.29, 1.82) is 0 Å². The fraction of sp³-hybridized carbons (Fsp3) is 0.500. The fourth-order valence-corrected chi connectivity index (χ4v) is 2.33. The highest BCUT2D eigenvalue weighted by atomic mass is 19.1. The molecule has 5 heteroatoms. The minimum absolute atomic E-state index is 0.0178. The number of aromatic nitrogens is 1. The van der Waals surface area contributed by atoms with Crippen LogP contribution in [-0.4, -0.2) is 33.5 Å². The number of hydrogen-bond acceptors (Lipinski definition) is 3. The zero-order valence-corrected chi connectivity index (χ0v) is 9.64. The lowest BCUT2D eigenvalue weighted by molar-refractivity contribution is -0.142. The van der Waals surface area contributed by atoms with E-state index >= 15 is 0 Å². The molecule has 2 heterocycles. The SMILES string of the molecule is CC1C(C(=O)O)CCN1Cc1cncc(F)c1. The van der Waals surface area contributed by atoms with E-state index in [0.29, 0.717) is 13.0 Å². The molecule has 0 amide bonds. The lowest BCUT2D eigenvalue weighted by Gasteiger charge is -2.22. The molecule has 0 aliphatic carbocycles. The highest BCUT2D eigenvalue weighted by molar-refractivity contribution is 5.71. The van der Waals surface area contributed by atoms with Crippen molar-refractivity contribution in [3.63, 3.8) is 0 Å². The number of nitrogens with zero attached hydrogens (tertiary/aromatic N) is 2. The van der Waals surface area contributed by atoms with Crippen molar-refractivity contribution >= 4 is 5.97 Å².